The molecule has 1 N–H and O–H groups in total. The molecule has 0 aliphatic rings. The lowest BCUT2D eigenvalue weighted by atomic mass is 9.82. The molecule has 1 atom stereocenters. The predicted octanol–water partition coefficient (Wildman–Crippen LogP) is 3.63. The van der Waals surface area contributed by atoms with Crippen molar-refractivity contribution in [3.63, 3.8) is 0 Å². The first-order chi connectivity index (χ1) is 8.43. The maximum Gasteiger partial charge on any atom is 0.456 e. The highest BCUT2D eigenvalue weighted by molar-refractivity contribution is 5.07. The van der Waals surface area contributed by atoms with Crippen LogP contribution in [0, 0.1) is 5.92 Å². The van der Waals surface area contributed by atoms with Crippen LogP contribution >= 0.6 is 0 Å². The molecule has 0 aliphatic heterocycles. The van der Waals surface area contributed by atoms with Crippen molar-refractivity contribution in [2.24, 2.45) is 5.92 Å². The van der Waals surface area contributed by atoms with Crippen LogP contribution in [0.4, 0.5) is 52.7 Å². The van der Waals surface area contributed by atoms with Crippen LogP contribution < -0.4 is 0 Å². The van der Waals surface area contributed by atoms with E-state index in [9.17, 15) is 52.7 Å². The fourth-order valence-corrected chi connectivity index (χ4v) is 1.31. The molecule has 1 nitrogen and oxygen atoms in total. The first kappa shape index (κ1) is 19.1. The van der Waals surface area contributed by atoms with Gasteiger partial charge in [-0.3, -0.25) is 0 Å². The van der Waals surface area contributed by atoms with Gasteiger partial charge in [-0.15, -0.1) is 0 Å². The van der Waals surface area contributed by atoms with Crippen molar-refractivity contribution in [1.82, 2.24) is 0 Å². The Hall–Kier alpha value is -0.880. The molecular weight excluding hydrogens is 328 g/mol. The normalized spacial score (nSPS) is 18.3. The topological polar surface area (TPSA) is 20.2 Å². The van der Waals surface area contributed by atoms with E-state index < -0.39 is 42.6 Å². The van der Waals surface area contributed by atoms with E-state index in [0.717, 1.165) is 0 Å². The molecule has 13 heteroatoms. The van der Waals surface area contributed by atoms with Crippen molar-refractivity contribution in [3.8, 4) is 0 Å². The Labute approximate surface area is 102 Å². The number of aliphatic hydroxyl groups excluding tert-OH is 1. The number of rotatable bonds is 3. The van der Waals surface area contributed by atoms with E-state index >= 15 is 0 Å². The summed E-state index contributed by atoms with van der Waals surface area (Å²) in [6.07, 6.45) is -20.7. The summed E-state index contributed by atoms with van der Waals surface area (Å²) in [4.78, 5) is 0. The lowest BCUT2D eigenvalue weighted by Crippen LogP contribution is -2.66. The molecule has 0 rings (SSSR count). The van der Waals surface area contributed by atoms with Gasteiger partial charge in [0.1, 0.15) is 0 Å². The lowest BCUT2D eigenvalue weighted by Gasteiger charge is -2.39. The third kappa shape index (κ3) is 3.06. The molecule has 0 aromatic rings. The van der Waals surface area contributed by atoms with Crippen LogP contribution in [0.2, 0.25) is 0 Å². The molecule has 0 fully saturated rings. The van der Waals surface area contributed by atoms with Crippen molar-refractivity contribution in [2.75, 3.05) is 6.61 Å². The zero-order valence-corrected chi connectivity index (χ0v) is 8.77. The van der Waals surface area contributed by atoms with Gasteiger partial charge in [-0.05, 0) is 0 Å². The van der Waals surface area contributed by atoms with Gasteiger partial charge in [0.05, 0.1) is 6.61 Å². The number of alkyl halides is 12. The zero-order chi connectivity index (χ0) is 16.8. The standard InChI is InChI=1S/C7H4F12O/c8-3(1-20,6(15,16)7(17,18)19)2(4(9,10)11)5(12,13)14/h2,20H,1H2. The van der Waals surface area contributed by atoms with Gasteiger partial charge in [-0.1, -0.05) is 0 Å². The minimum atomic E-state index is -7.08. The molecule has 20 heavy (non-hydrogen) atoms. The molecule has 0 heterocycles. The van der Waals surface area contributed by atoms with E-state index in [0.29, 0.717) is 0 Å². The van der Waals surface area contributed by atoms with E-state index in [4.69, 9.17) is 5.11 Å². The molecule has 122 valence electrons. The third-order valence-electron chi connectivity index (χ3n) is 2.22. The maximum atomic E-state index is 13.3. The van der Waals surface area contributed by atoms with Crippen LogP contribution in [0.15, 0.2) is 0 Å². The minimum Gasteiger partial charge on any atom is -0.393 e. The quantitative estimate of drug-likeness (QED) is 0.783. The van der Waals surface area contributed by atoms with E-state index in [1.807, 2.05) is 0 Å². The molecule has 0 saturated heterocycles. The third-order valence-corrected chi connectivity index (χ3v) is 2.22. The molecule has 0 saturated carbocycles. The van der Waals surface area contributed by atoms with Crippen LogP contribution in [0.3, 0.4) is 0 Å². The van der Waals surface area contributed by atoms with Crippen LogP contribution in [0.25, 0.3) is 0 Å². The summed E-state index contributed by atoms with van der Waals surface area (Å²) >= 11 is 0. The molecule has 1 unspecified atom stereocenters. The molecule has 0 radical (unpaired) electrons. The number of hydrogen-bond donors (Lipinski definition) is 1. The smallest absolute Gasteiger partial charge is 0.393 e. The molecule has 0 aromatic heterocycles. The van der Waals surface area contributed by atoms with E-state index in [1.54, 1.807) is 0 Å². The first-order valence-corrected chi connectivity index (χ1v) is 4.30. The molecule has 0 spiro atoms. The molecule has 0 bridgehead atoms. The number of aliphatic hydroxyl groups is 1. The van der Waals surface area contributed by atoms with Crippen LogP contribution in [0.5, 0.6) is 0 Å². The summed E-state index contributed by atoms with van der Waals surface area (Å²) < 4.78 is 146. The van der Waals surface area contributed by atoms with Gasteiger partial charge >= 0.3 is 24.5 Å². The van der Waals surface area contributed by atoms with Crippen LogP contribution in [-0.4, -0.2) is 41.8 Å². The van der Waals surface area contributed by atoms with E-state index in [1.165, 1.54) is 0 Å². The van der Waals surface area contributed by atoms with Gasteiger partial charge in [-0.2, -0.15) is 48.3 Å². The SMILES string of the molecule is OCC(F)(C(C(F)(F)F)C(F)(F)F)C(F)(F)C(F)(F)F. The summed E-state index contributed by atoms with van der Waals surface area (Å²) in [5.74, 6) is -12.8. The highest BCUT2D eigenvalue weighted by atomic mass is 19.4. The van der Waals surface area contributed by atoms with Gasteiger partial charge in [0.15, 0.2) is 5.92 Å². The highest BCUT2D eigenvalue weighted by Crippen LogP contribution is 2.56. The summed E-state index contributed by atoms with van der Waals surface area (Å²) in [7, 11) is 0. The predicted molar refractivity (Wildman–Crippen MR) is 37.5 cm³/mol. The highest BCUT2D eigenvalue weighted by Gasteiger charge is 2.82. The Morgan fingerprint density at radius 2 is 0.950 bits per heavy atom. The summed E-state index contributed by atoms with van der Waals surface area (Å²) in [6.45, 7) is -3.34. The molecule has 0 aliphatic carbocycles. The van der Waals surface area contributed by atoms with Gasteiger partial charge < -0.3 is 5.11 Å². The first-order valence-electron chi connectivity index (χ1n) is 4.30. The largest absolute Gasteiger partial charge is 0.456 e. The van der Waals surface area contributed by atoms with Gasteiger partial charge in [-0.25, -0.2) is 4.39 Å². The van der Waals surface area contributed by atoms with Crippen molar-refractivity contribution in [2.45, 2.75) is 30.1 Å². The average molecular weight is 332 g/mol. The van der Waals surface area contributed by atoms with Gasteiger partial charge in [0.2, 0.25) is 5.67 Å². The summed E-state index contributed by atoms with van der Waals surface area (Å²) in [6, 6.07) is 0. The van der Waals surface area contributed by atoms with Gasteiger partial charge in [0, 0.05) is 0 Å². The fourth-order valence-electron chi connectivity index (χ4n) is 1.31. The molecule has 0 amide bonds. The monoisotopic (exact) mass is 332 g/mol. The minimum absolute atomic E-state index is 3.34. The fraction of sp³-hybridized carbons (Fsp3) is 1.00. The second kappa shape index (κ2) is 4.84. The van der Waals surface area contributed by atoms with Crippen molar-refractivity contribution >= 4 is 0 Å². The summed E-state index contributed by atoms with van der Waals surface area (Å²) in [5, 5.41) is 8.03. The number of halogens is 12. The Bertz CT molecular complexity index is 323. The van der Waals surface area contributed by atoms with Crippen LogP contribution in [-0.2, 0) is 0 Å². The second-order valence-corrected chi connectivity index (χ2v) is 3.61. The van der Waals surface area contributed by atoms with Gasteiger partial charge in [0.25, 0.3) is 0 Å². The van der Waals surface area contributed by atoms with Crippen molar-refractivity contribution < 1.29 is 57.8 Å². The Morgan fingerprint density at radius 3 is 1.10 bits per heavy atom. The zero-order valence-electron chi connectivity index (χ0n) is 8.77. The van der Waals surface area contributed by atoms with E-state index in [2.05, 4.69) is 0 Å². The Balaban J connectivity index is 6.20. The van der Waals surface area contributed by atoms with Crippen LogP contribution in [0.1, 0.15) is 0 Å². The molecule has 0 aromatic carbocycles. The second-order valence-electron chi connectivity index (χ2n) is 3.61. The summed E-state index contributed by atoms with van der Waals surface area (Å²) in [5.41, 5.74) is -6.35. The maximum absolute atomic E-state index is 13.3. The Kier molecular flexibility index (Phi) is 4.63. The van der Waals surface area contributed by atoms with E-state index in [-0.39, 0.29) is 0 Å². The molecular formula is C7H4F12O. The van der Waals surface area contributed by atoms with Crippen molar-refractivity contribution in [1.29, 1.82) is 0 Å². The van der Waals surface area contributed by atoms with Crippen molar-refractivity contribution in [3.05, 3.63) is 0 Å². The lowest BCUT2D eigenvalue weighted by molar-refractivity contribution is -0.394. The average Bonchev–Trinajstić information content (AvgIpc) is 2.10. The number of hydrogen-bond acceptors (Lipinski definition) is 1. The Morgan fingerprint density at radius 1 is 0.650 bits per heavy atom.